The van der Waals surface area contributed by atoms with E-state index < -0.39 is 22.4 Å². The lowest BCUT2D eigenvalue weighted by Gasteiger charge is -2.06. The molecule has 238 valence electrons. The van der Waals surface area contributed by atoms with Crippen LogP contribution < -0.4 is 14.2 Å². The van der Waals surface area contributed by atoms with Gasteiger partial charge in [-0.1, -0.05) is 89.1 Å². The van der Waals surface area contributed by atoms with Crippen molar-refractivity contribution in [2.75, 3.05) is 13.2 Å². The van der Waals surface area contributed by atoms with Crippen molar-refractivity contribution in [3.63, 3.8) is 0 Å². The van der Waals surface area contributed by atoms with E-state index in [0.29, 0.717) is 13.2 Å². The van der Waals surface area contributed by atoms with Gasteiger partial charge in [0.2, 0.25) is 5.75 Å². The normalized spacial score (nSPS) is 11.2. The fraction of sp³-hybridized carbons (Fsp3) is 0.351. The largest absolute Gasteiger partial charge is 0.494 e. The molecule has 0 atom stereocenters. The number of ketones is 1. The number of benzene rings is 3. The number of carbonyl (C=O) groups excluding carboxylic acids is 2. The van der Waals surface area contributed by atoms with Gasteiger partial charge < -0.3 is 14.2 Å². The van der Waals surface area contributed by atoms with Crippen molar-refractivity contribution in [3.05, 3.63) is 106 Å². The van der Waals surface area contributed by atoms with E-state index in [1.807, 2.05) is 36.4 Å². The highest BCUT2D eigenvalue weighted by molar-refractivity contribution is 6.07. The zero-order valence-corrected chi connectivity index (χ0v) is 26.2. The van der Waals surface area contributed by atoms with Crippen LogP contribution in [0, 0.1) is 10.1 Å². The molecule has 0 heterocycles. The van der Waals surface area contributed by atoms with Crippen LogP contribution in [0.15, 0.2) is 78.9 Å². The first-order valence-corrected chi connectivity index (χ1v) is 15.8. The van der Waals surface area contributed by atoms with E-state index in [4.69, 9.17) is 14.2 Å². The van der Waals surface area contributed by atoms with E-state index in [9.17, 15) is 19.7 Å². The zero-order valence-electron chi connectivity index (χ0n) is 26.2. The van der Waals surface area contributed by atoms with E-state index in [-0.39, 0.29) is 11.3 Å². The molecule has 0 spiro atoms. The van der Waals surface area contributed by atoms with Crippen LogP contribution in [0.5, 0.6) is 17.2 Å². The average Bonchev–Trinajstić information content (AvgIpc) is 3.05. The van der Waals surface area contributed by atoms with Crippen LogP contribution in [0.4, 0.5) is 5.69 Å². The molecular formula is C37H43NO7. The highest BCUT2D eigenvalue weighted by Gasteiger charge is 2.20. The molecule has 0 amide bonds. The molecule has 0 N–H and O–H groups in total. The van der Waals surface area contributed by atoms with Gasteiger partial charge in [-0.25, -0.2) is 4.79 Å². The maximum Gasteiger partial charge on any atom is 0.336 e. The molecule has 0 saturated heterocycles. The van der Waals surface area contributed by atoms with Crippen molar-refractivity contribution in [1.82, 2.24) is 0 Å². The summed E-state index contributed by atoms with van der Waals surface area (Å²) in [6, 6.07) is 18.4. The molecule has 0 aliphatic rings. The first-order valence-electron chi connectivity index (χ1n) is 15.8. The molecule has 0 aromatic heterocycles. The number of ether oxygens (including phenoxy) is 3. The number of hydrogen-bond donors (Lipinski definition) is 0. The lowest BCUT2D eigenvalue weighted by Crippen LogP contribution is -2.07. The van der Waals surface area contributed by atoms with Gasteiger partial charge in [0.25, 0.3) is 0 Å². The van der Waals surface area contributed by atoms with Gasteiger partial charge in [-0.15, -0.1) is 0 Å². The number of allylic oxidation sites excluding steroid dienone is 1. The summed E-state index contributed by atoms with van der Waals surface area (Å²) in [5, 5.41) is 11.7. The second-order valence-electron chi connectivity index (χ2n) is 10.7. The lowest BCUT2D eigenvalue weighted by atomic mass is 10.1. The van der Waals surface area contributed by atoms with Crippen molar-refractivity contribution in [3.8, 4) is 17.2 Å². The Bertz CT molecular complexity index is 1430. The molecule has 3 rings (SSSR count). The molecule has 0 aliphatic heterocycles. The van der Waals surface area contributed by atoms with Gasteiger partial charge in [0.05, 0.1) is 18.1 Å². The van der Waals surface area contributed by atoms with Crippen molar-refractivity contribution in [2.24, 2.45) is 0 Å². The first kappa shape index (κ1) is 34.8. The Morgan fingerprint density at radius 3 is 1.73 bits per heavy atom. The minimum atomic E-state index is -0.780. The third-order valence-electron chi connectivity index (χ3n) is 7.03. The molecule has 0 unspecified atom stereocenters. The molecule has 8 nitrogen and oxygen atoms in total. The molecule has 0 bridgehead atoms. The van der Waals surface area contributed by atoms with Gasteiger partial charge in [-0.2, -0.15) is 0 Å². The summed E-state index contributed by atoms with van der Waals surface area (Å²) in [4.78, 5) is 36.2. The van der Waals surface area contributed by atoms with Crippen LogP contribution in [0.3, 0.4) is 0 Å². The van der Waals surface area contributed by atoms with Crippen molar-refractivity contribution in [1.29, 1.82) is 0 Å². The summed E-state index contributed by atoms with van der Waals surface area (Å²) in [5.41, 5.74) is 1.15. The Morgan fingerprint density at radius 1 is 0.689 bits per heavy atom. The summed E-state index contributed by atoms with van der Waals surface area (Å²) in [6.45, 7) is 5.67. The van der Waals surface area contributed by atoms with Crippen LogP contribution in [0.2, 0.25) is 0 Å². The minimum Gasteiger partial charge on any atom is -0.494 e. The van der Waals surface area contributed by atoms with Crippen LogP contribution in [0.25, 0.3) is 12.2 Å². The monoisotopic (exact) mass is 613 g/mol. The Hall–Kier alpha value is -4.72. The smallest absolute Gasteiger partial charge is 0.336 e. The van der Waals surface area contributed by atoms with Gasteiger partial charge in [0, 0.05) is 17.7 Å². The van der Waals surface area contributed by atoms with Gasteiger partial charge >= 0.3 is 11.7 Å². The second kappa shape index (κ2) is 19.5. The Balaban J connectivity index is 1.53. The number of nitro groups is 1. The lowest BCUT2D eigenvalue weighted by molar-refractivity contribution is -0.385. The van der Waals surface area contributed by atoms with Crippen LogP contribution >= 0.6 is 0 Å². The molecule has 8 heteroatoms. The van der Waals surface area contributed by atoms with Crippen LogP contribution in [-0.4, -0.2) is 29.9 Å². The predicted octanol–water partition coefficient (Wildman–Crippen LogP) is 9.42. The van der Waals surface area contributed by atoms with E-state index in [1.54, 1.807) is 24.3 Å². The van der Waals surface area contributed by atoms with Gasteiger partial charge in [-0.05, 0) is 72.5 Å². The van der Waals surface area contributed by atoms with Gasteiger partial charge in [0.1, 0.15) is 11.5 Å². The van der Waals surface area contributed by atoms with Crippen molar-refractivity contribution >= 4 is 29.6 Å². The number of esters is 1. The SMILES string of the molecule is CCCCCCCOc1ccc(/C=C/C(=O)c2ccc(OC(=O)/C=C/c3ccc(OCCCCCC)cc3)c([N+](=O)[O-])c2)cc1. The number of carbonyl (C=O) groups is 2. The average molecular weight is 614 g/mol. The van der Waals surface area contributed by atoms with E-state index in [1.165, 1.54) is 56.4 Å². The molecule has 3 aromatic carbocycles. The summed E-state index contributed by atoms with van der Waals surface area (Å²) >= 11 is 0. The summed E-state index contributed by atoms with van der Waals surface area (Å²) < 4.78 is 16.7. The molecule has 3 aromatic rings. The fourth-order valence-corrected chi connectivity index (χ4v) is 4.44. The molecule has 0 saturated carbocycles. The number of hydrogen-bond acceptors (Lipinski definition) is 7. The first-order chi connectivity index (χ1) is 21.9. The molecular weight excluding hydrogens is 570 g/mol. The second-order valence-corrected chi connectivity index (χ2v) is 10.7. The highest BCUT2D eigenvalue weighted by atomic mass is 16.6. The maximum absolute atomic E-state index is 12.8. The van der Waals surface area contributed by atoms with Gasteiger partial charge in [-0.3, -0.25) is 14.9 Å². The number of rotatable bonds is 20. The molecule has 0 aliphatic carbocycles. The Labute approximate surface area is 265 Å². The third kappa shape index (κ3) is 12.8. The molecule has 0 fully saturated rings. The quantitative estimate of drug-likeness (QED) is 0.0238. The standard InChI is InChI=1S/C37H43NO7/c1-3-5-7-9-11-27-44-32-19-12-29(13-20-32)16-23-35(39)31-18-24-36(34(28-31)38(41)42)45-37(40)25-17-30-14-21-33(22-15-30)43-26-10-8-6-4-2/h12-25,28H,3-11,26-27H2,1-2H3/b23-16+,25-17+. The third-order valence-corrected chi connectivity index (χ3v) is 7.03. The topological polar surface area (TPSA) is 105 Å². The highest BCUT2D eigenvalue weighted by Crippen LogP contribution is 2.29. The van der Waals surface area contributed by atoms with E-state index in [2.05, 4.69) is 13.8 Å². The Kier molecular flexibility index (Phi) is 15.1. The van der Waals surface area contributed by atoms with Gasteiger partial charge in [0.15, 0.2) is 5.78 Å². The Morgan fingerprint density at radius 2 is 1.20 bits per heavy atom. The number of unbranched alkanes of at least 4 members (excludes halogenated alkanes) is 7. The van der Waals surface area contributed by atoms with E-state index in [0.717, 1.165) is 54.4 Å². The zero-order chi connectivity index (χ0) is 32.3. The summed E-state index contributed by atoms with van der Waals surface area (Å²) in [5.74, 6) is 0.0649. The van der Waals surface area contributed by atoms with Crippen LogP contribution in [0.1, 0.15) is 93.1 Å². The predicted molar refractivity (Wildman–Crippen MR) is 178 cm³/mol. The van der Waals surface area contributed by atoms with Crippen molar-refractivity contribution in [2.45, 2.75) is 71.6 Å². The number of nitrogens with zero attached hydrogens (tertiary/aromatic N) is 1. The van der Waals surface area contributed by atoms with E-state index >= 15 is 0 Å². The van der Waals surface area contributed by atoms with Crippen molar-refractivity contribution < 1.29 is 28.7 Å². The molecule has 0 radical (unpaired) electrons. The summed E-state index contributed by atoms with van der Waals surface area (Å²) in [6.07, 6.45) is 16.1. The molecule has 45 heavy (non-hydrogen) atoms. The van der Waals surface area contributed by atoms with Crippen LogP contribution in [-0.2, 0) is 4.79 Å². The maximum atomic E-state index is 12.8. The number of nitro benzene ring substituents is 1. The summed E-state index contributed by atoms with van der Waals surface area (Å²) in [7, 11) is 0. The minimum absolute atomic E-state index is 0.101. The fourth-order valence-electron chi connectivity index (χ4n) is 4.44.